The molecule has 0 bridgehead atoms. The van der Waals surface area contributed by atoms with Gasteiger partial charge in [0.1, 0.15) is 0 Å². The zero-order valence-corrected chi connectivity index (χ0v) is 15.9. The third kappa shape index (κ3) is 3.09. The van der Waals surface area contributed by atoms with Crippen LogP contribution in [0.4, 0.5) is 0 Å². The maximum absolute atomic E-state index is 13.2. The number of nitrogens with zero attached hydrogens (tertiary/aromatic N) is 4. The Balaban J connectivity index is 1.81. The van der Waals surface area contributed by atoms with Gasteiger partial charge in [-0.3, -0.25) is 4.79 Å². The van der Waals surface area contributed by atoms with E-state index < -0.39 is 10.2 Å². The third-order valence-corrected chi connectivity index (χ3v) is 7.97. The third-order valence-electron chi connectivity index (χ3n) is 6.12. The first-order valence-corrected chi connectivity index (χ1v) is 10.3. The lowest BCUT2D eigenvalue weighted by molar-refractivity contribution is -0.139. The van der Waals surface area contributed by atoms with Crippen molar-refractivity contribution in [3.05, 3.63) is 0 Å². The van der Waals surface area contributed by atoms with E-state index in [4.69, 9.17) is 0 Å². The van der Waals surface area contributed by atoms with Gasteiger partial charge in [0.25, 0.3) is 10.2 Å². The second kappa shape index (κ2) is 6.55. The highest BCUT2D eigenvalue weighted by molar-refractivity contribution is 7.86. The summed E-state index contributed by atoms with van der Waals surface area (Å²) in [5, 5.41) is 0. The number of likely N-dealkylation sites (N-methyl/N-ethyl adjacent to an activating group) is 1. The van der Waals surface area contributed by atoms with Crippen molar-refractivity contribution in [2.24, 2.45) is 11.3 Å². The minimum atomic E-state index is -3.46. The van der Waals surface area contributed by atoms with Crippen molar-refractivity contribution in [1.82, 2.24) is 18.4 Å². The van der Waals surface area contributed by atoms with E-state index in [1.165, 1.54) is 8.61 Å². The van der Waals surface area contributed by atoms with Gasteiger partial charge in [-0.1, -0.05) is 12.8 Å². The van der Waals surface area contributed by atoms with Crippen LogP contribution in [0, 0.1) is 11.3 Å². The summed E-state index contributed by atoms with van der Waals surface area (Å²) in [7, 11) is 1.74. The van der Waals surface area contributed by atoms with Crippen molar-refractivity contribution in [1.29, 1.82) is 0 Å². The molecule has 0 N–H and O–H groups in total. The molecular weight excluding hydrogens is 328 g/mol. The predicted molar refractivity (Wildman–Crippen MR) is 92.6 cm³/mol. The molecule has 0 aromatic carbocycles. The maximum atomic E-state index is 13.2. The van der Waals surface area contributed by atoms with E-state index in [0.717, 1.165) is 51.9 Å². The van der Waals surface area contributed by atoms with E-state index in [0.29, 0.717) is 13.1 Å². The van der Waals surface area contributed by atoms with Crippen molar-refractivity contribution in [2.75, 3.05) is 60.4 Å². The molecule has 7 nitrogen and oxygen atoms in total. The minimum Gasteiger partial charge on any atom is -0.340 e. The number of rotatable bonds is 3. The highest BCUT2D eigenvalue weighted by Gasteiger charge is 2.55. The van der Waals surface area contributed by atoms with Crippen molar-refractivity contribution >= 4 is 16.1 Å². The molecule has 3 aliphatic rings. The lowest BCUT2D eigenvalue weighted by Gasteiger charge is -2.37. The smallest absolute Gasteiger partial charge is 0.281 e. The Labute approximate surface area is 145 Å². The van der Waals surface area contributed by atoms with E-state index >= 15 is 0 Å². The molecule has 0 aromatic rings. The van der Waals surface area contributed by atoms with Gasteiger partial charge in [0.2, 0.25) is 5.91 Å². The summed E-state index contributed by atoms with van der Waals surface area (Å²) >= 11 is 0. The Hall–Kier alpha value is -0.700. The summed E-state index contributed by atoms with van der Waals surface area (Å²) in [5.74, 6) is -0.0143. The van der Waals surface area contributed by atoms with Gasteiger partial charge in [-0.15, -0.1) is 0 Å². The first-order valence-electron chi connectivity index (χ1n) is 8.91. The van der Waals surface area contributed by atoms with Gasteiger partial charge in [0.15, 0.2) is 0 Å². The standard InChI is InChI=1S/C16H30N4O3S/c1-17(2)24(22,23)20-12-14(16(13-20)6-4-5-7-16)15(21)19-10-8-18(3)9-11-19/h14H,4-13H2,1-3H3. The second-order valence-electron chi connectivity index (χ2n) is 7.83. The number of amides is 1. The molecule has 24 heavy (non-hydrogen) atoms. The van der Waals surface area contributed by atoms with Crippen LogP contribution in [0.2, 0.25) is 0 Å². The summed E-state index contributed by atoms with van der Waals surface area (Å²) in [6.45, 7) is 4.13. The molecular formula is C16H30N4O3S. The molecule has 3 rings (SSSR count). The van der Waals surface area contributed by atoms with Crippen LogP contribution < -0.4 is 0 Å². The molecule has 0 radical (unpaired) electrons. The zero-order chi connectivity index (χ0) is 17.5. The maximum Gasteiger partial charge on any atom is 0.281 e. The fraction of sp³-hybridized carbons (Fsp3) is 0.938. The lowest BCUT2D eigenvalue weighted by atomic mass is 9.76. The number of hydrogen-bond donors (Lipinski definition) is 0. The molecule has 8 heteroatoms. The molecule has 1 amide bonds. The molecule has 1 saturated carbocycles. The van der Waals surface area contributed by atoms with E-state index in [1.807, 2.05) is 4.90 Å². The van der Waals surface area contributed by atoms with Gasteiger partial charge < -0.3 is 9.80 Å². The summed E-state index contributed by atoms with van der Waals surface area (Å²) < 4.78 is 28.0. The van der Waals surface area contributed by atoms with E-state index in [2.05, 4.69) is 11.9 Å². The molecule has 1 spiro atoms. The predicted octanol–water partition coefficient (Wildman–Crippen LogP) is 0.0590. The van der Waals surface area contributed by atoms with Crippen LogP contribution in [0.25, 0.3) is 0 Å². The molecule has 0 aromatic heterocycles. The molecule has 2 saturated heterocycles. The zero-order valence-electron chi connectivity index (χ0n) is 15.1. The average Bonchev–Trinajstić information content (AvgIpc) is 3.16. The summed E-state index contributed by atoms with van der Waals surface area (Å²) in [6.07, 6.45) is 4.14. The molecule has 1 atom stereocenters. The normalized spacial score (nSPS) is 29.0. The molecule has 2 heterocycles. The second-order valence-corrected chi connectivity index (χ2v) is 9.98. The van der Waals surface area contributed by atoms with Crippen LogP contribution in [0.5, 0.6) is 0 Å². The van der Waals surface area contributed by atoms with Gasteiger partial charge in [-0.25, -0.2) is 0 Å². The molecule has 3 fully saturated rings. The van der Waals surface area contributed by atoms with Crippen molar-refractivity contribution in [3.63, 3.8) is 0 Å². The van der Waals surface area contributed by atoms with Crippen LogP contribution >= 0.6 is 0 Å². The Morgan fingerprint density at radius 2 is 1.67 bits per heavy atom. The van der Waals surface area contributed by atoms with E-state index in [1.54, 1.807) is 14.1 Å². The Kier molecular flexibility index (Phi) is 4.94. The van der Waals surface area contributed by atoms with Crippen molar-refractivity contribution in [2.45, 2.75) is 25.7 Å². The number of hydrogen-bond acceptors (Lipinski definition) is 4. The topological polar surface area (TPSA) is 64.2 Å². The SMILES string of the molecule is CN1CCN(C(=O)C2CN(S(=O)(=O)N(C)C)CC23CCCC3)CC1. The van der Waals surface area contributed by atoms with Gasteiger partial charge in [-0.05, 0) is 25.3 Å². The Morgan fingerprint density at radius 3 is 2.21 bits per heavy atom. The minimum absolute atomic E-state index is 0.149. The van der Waals surface area contributed by atoms with E-state index in [9.17, 15) is 13.2 Å². The quantitative estimate of drug-likeness (QED) is 0.716. The van der Waals surface area contributed by atoms with Crippen LogP contribution in [0.15, 0.2) is 0 Å². The molecule has 1 unspecified atom stereocenters. The number of piperazine rings is 1. The Bertz CT molecular complexity index is 578. The van der Waals surface area contributed by atoms with Crippen LogP contribution in [0.1, 0.15) is 25.7 Å². The largest absolute Gasteiger partial charge is 0.340 e. The number of carbonyl (C=O) groups excluding carboxylic acids is 1. The fourth-order valence-electron chi connectivity index (χ4n) is 4.50. The van der Waals surface area contributed by atoms with Crippen molar-refractivity contribution in [3.8, 4) is 0 Å². The highest BCUT2D eigenvalue weighted by atomic mass is 32.2. The van der Waals surface area contributed by atoms with E-state index in [-0.39, 0.29) is 17.2 Å². The Morgan fingerprint density at radius 1 is 1.08 bits per heavy atom. The van der Waals surface area contributed by atoms with Gasteiger partial charge in [-0.2, -0.15) is 17.0 Å². The average molecular weight is 359 g/mol. The van der Waals surface area contributed by atoms with Gasteiger partial charge in [0, 0.05) is 53.4 Å². The highest BCUT2D eigenvalue weighted by Crippen LogP contribution is 2.50. The van der Waals surface area contributed by atoms with Crippen LogP contribution in [-0.2, 0) is 15.0 Å². The fourth-order valence-corrected chi connectivity index (χ4v) is 5.72. The summed E-state index contributed by atoms with van der Waals surface area (Å²) in [4.78, 5) is 17.4. The van der Waals surface area contributed by atoms with Gasteiger partial charge >= 0.3 is 0 Å². The monoisotopic (exact) mass is 358 g/mol. The first kappa shape index (κ1) is 18.1. The van der Waals surface area contributed by atoms with Crippen molar-refractivity contribution < 1.29 is 13.2 Å². The summed E-state index contributed by atoms with van der Waals surface area (Å²) in [5.41, 5.74) is -0.149. The molecule has 2 aliphatic heterocycles. The molecule has 1 aliphatic carbocycles. The molecule has 138 valence electrons. The number of carbonyl (C=O) groups is 1. The lowest BCUT2D eigenvalue weighted by Crippen LogP contribution is -2.51. The first-order chi connectivity index (χ1) is 11.3. The summed E-state index contributed by atoms with van der Waals surface area (Å²) in [6, 6.07) is 0. The van der Waals surface area contributed by atoms with Gasteiger partial charge in [0.05, 0.1) is 5.92 Å². The van der Waals surface area contributed by atoms with Crippen LogP contribution in [-0.4, -0.2) is 93.1 Å². The van der Waals surface area contributed by atoms with Crippen LogP contribution in [0.3, 0.4) is 0 Å².